The van der Waals surface area contributed by atoms with E-state index in [9.17, 15) is 4.79 Å². The summed E-state index contributed by atoms with van der Waals surface area (Å²) in [5, 5.41) is 15.5. The van der Waals surface area contributed by atoms with Gasteiger partial charge in [-0.15, -0.1) is 0 Å². The van der Waals surface area contributed by atoms with Crippen LogP contribution in [0, 0.1) is 0 Å². The third-order valence-corrected chi connectivity index (χ3v) is 12.4. The predicted molar refractivity (Wildman–Crippen MR) is 273 cm³/mol. The third-order valence-electron chi connectivity index (χ3n) is 12.4. The molecule has 0 spiro atoms. The first-order chi connectivity index (χ1) is 31.9. The minimum Gasteiger partial charge on any atom is -0.490 e. The van der Waals surface area contributed by atoms with Crippen LogP contribution in [0.4, 0.5) is 0 Å². The quantitative estimate of drug-likeness (QED) is 0.0349. The average molecular weight is 901 g/mol. The van der Waals surface area contributed by atoms with Crippen LogP contribution in [0.1, 0.15) is 208 Å². The molecule has 0 aliphatic carbocycles. The van der Waals surface area contributed by atoms with Gasteiger partial charge >= 0.3 is 5.97 Å². The highest BCUT2D eigenvalue weighted by molar-refractivity contribution is 6.26. The van der Waals surface area contributed by atoms with Crippen molar-refractivity contribution in [1.29, 1.82) is 0 Å². The van der Waals surface area contributed by atoms with Crippen LogP contribution >= 0.6 is 0 Å². The number of ether oxygens (including phenoxy) is 6. The molecule has 0 bridgehead atoms. The molecule has 0 radical (unpaired) electrons. The lowest BCUT2D eigenvalue weighted by atomic mass is 9.93. The summed E-state index contributed by atoms with van der Waals surface area (Å²) in [6.07, 6.45) is 28.6. The largest absolute Gasteiger partial charge is 0.490 e. The number of aliphatic carboxylic acids is 1. The van der Waals surface area contributed by atoms with E-state index in [-0.39, 0.29) is 6.42 Å². The molecule has 65 heavy (non-hydrogen) atoms. The van der Waals surface area contributed by atoms with Crippen molar-refractivity contribution in [3.05, 3.63) is 36.4 Å². The van der Waals surface area contributed by atoms with Crippen LogP contribution in [0.5, 0.6) is 34.5 Å². The second-order valence-corrected chi connectivity index (χ2v) is 18.2. The molecule has 4 aromatic rings. The maximum atomic E-state index is 10.9. The zero-order valence-corrected chi connectivity index (χ0v) is 41.6. The summed E-state index contributed by atoms with van der Waals surface area (Å²) in [7, 11) is 0. The van der Waals surface area contributed by atoms with Gasteiger partial charge in [0.15, 0.2) is 34.5 Å². The summed E-state index contributed by atoms with van der Waals surface area (Å²) in [5.41, 5.74) is 0. The zero-order valence-electron chi connectivity index (χ0n) is 41.6. The third kappa shape index (κ3) is 19.0. The second kappa shape index (κ2) is 32.6. The summed E-state index contributed by atoms with van der Waals surface area (Å²) in [6, 6.07) is 13.2. The monoisotopic (exact) mass is 901 g/mol. The fourth-order valence-corrected chi connectivity index (χ4v) is 8.52. The van der Waals surface area contributed by atoms with Crippen LogP contribution in [0.3, 0.4) is 0 Å². The SMILES string of the molecule is CCCCCCOc1cc2c3cc(OCCCCCC)c(OCCCCCC)cc3c3cc(OCCCCCCCCC(=O)O)c(OCCCCCC)cc3c2cc1OCCCCCC. The first-order valence-electron chi connectivity index (χ1n) is 26.5. The number of hydrogen-bond donors (Lipinski definition) is 1. The van der Waals surface area contributed by atoms with Gasteiger partial charge in [-0.3, -0.25) is 4.79 Å². The van der Waals surface area contributed by atoms with Crippen LogP contribution in [-0.2, 0) is 4.79 Å². The van der Waals surface area contributed by atoms with E-state index in [0.717, 1.165) is 170 Å². The molecule has 0 atom stereocenters. The van der Waals surface area contributed by atoms with Crippen molar-refractivity contribution in [3.8, 4) is 34.5 Å². The number of benzene rings is 4. The number of hydrogen-bond acceptors (Lipinski definition) is 7. The van der Waals surface area contributed by atoms with Gasteiger partial charge in [0.1, 0.15) is 0 Å². The molecule has 364 valence electrons. The number of carbonyl (C=O) groups is 1. The van der Waals surface area contributed by atoms with Crippen LogP contribution in [0.25, 0.3) is 32.3 Å². The second-order valence-electron chi connectivity index (χ2n) is 18.2. The summed E-state index contributed by atoms with van der Waals surface area (Å²) < 4.78 is 40.0. The van der Waals surface area contributed by atoms with Gasteiger partial charge in [-0.25, -0.2) is 0 Å². The van der Waals surface area contributed by atoms with Crippen LogP contribution in [-0.4, -0.2) is 50.7 Å². The first kappa shape index (κ1) is 53.5. The highest BCUT2D eigenvalue weighted by Gasteiger charge is 2.21. The normalized spacial score (nSPS) is 11.5. The molecule has 0 aliphatic heterocycles. The molecule has 4 aromatic carbocycles. The van der Waals surface area contributed by atoms with Gasteiger partial charge in [0, 0.05) is 6.42 Å². The lowest BCUT2D eigenvalue weighted by molar-refractivity contribution is -0.137. The highest BCUT2D eigenvalue weighted by Crippen LogP contribution is 2.47. The number of unbranched alkanes of at least 4 members (excludes halogenated alkanes) is 20. The molecule has 0 aromatic heterocycles. The fraction of sp³-hybridized carbons (Fsp3) is 0.667. The Morgan fingerprint density at radius 2 is 0.492 bits per heavy atom. The maximum Gasteiger partial charge on any atom is 0.303 e. The Bertz CT molecular complexity index is 1870. The molecule has 1 N–H and O–H groups in total. The molecule has 4 rings (SSSR count). The number of fused-ring (bicyclic) bond motifs is 6. The van der Waals surface area contributed by atoms with Gasteiger partial charge in [0.05, 0.1) is 39.6 Å². The molecule has 8 heteroatoms. The minimum absolute atomic E-state index is 0.248. The van der Waals surface area contributed by atoms with E-state index < -0.39 is 5.97 Å². The van der Waals surface area contributed by atoms with E-state index in [1.807, 2.05) is 0 Å². The lowest BCUT2D eigenvalue weighted by Crippen LogP contribution is -2.05. The van der Waals surface area contributed by atoms with E-state index in [1.165, 1.54) is 64.2 Å². The molecule has 0 aliphatic rings. The van der Waals surface area contributed by atoms with E-state index >= 15 is 0 Å². The van der Waals surface area contributed by atoms with Crippen molar-refractivity contribution in [2.24, 2.45) is 0 Å². The Balaban J connectivity index is 1.88. The molecule has 8 nitrogen and oxygen atoms in total. The maximum absolute atomic E-state index is 10.9. The van der Waals surface area contributed by atoms with Gasteiger partial charge in [0.25, 0.3) is 0 Å². The fourth-order valence-electron chi connectivity index (χ4n) is 8.52. The Morgan fingerprint density at radius 1 is 0.308 bits per heavy atom. The first-order valence-corrected chi connectivity index (χ1v) is 26.5. The molecular formula is C57H88O8. The van der Waals surface area contributed by atoms with Crippen LogP contribution < -0.4 is 28.4 Å². The summed E-state index contributed by atoms with van der Waals surface area (Å²) in [4.78, 5) is 10.9. The molecule has 0 saturated heterocycles. The van der Waals surface area contributed by atoms with Crippen LogP contribution in [0.15, 0.2) is 36.4 Å². The zero-order chi connectivity index (χ0) is 46.3. The predicted octanol–water partition coefficient (Wildman–Crippen LogP) is 17.1. The van der Waals surface area contributed by atoms with Gasteiger partial charge < -0.3 is 33.5 Å². The average Bonchev–Trinajstić information content (AvgIpc) is 3.30. The smallest absolute Gasteiger partial charge is 0.303 e. The van der Waals surface area contributed by atoms with Gasteiger partial charge in [-0.1, -0.05) is 157 Å². The Morgan fingerprint density at radius 3 is 0.692 bits per heavy atom. The van der Waals surface area contributed by atoms with Crippen molar-refractivity contribution < 1.29 is 38.3 Å². The van der Waals surface area contributed by atoms with Gasteiger partial charge in [-0.2, -0.15) is 0 Å². The summed E-state index contributed by atoms with van der Waals surface area (Å²) in [6.45, 7) is 15.0. The number of rotatable bonds is 40. The van der Waals surface area contributed by atoms with Crippen LogP contribution in [0.2, 0.25) is 0 Å². The lowest BCUT2D eigenvalue weighted by Gasteiger charge is -2.21. The van der Waals surface area contributed by atoms with Gasteiger partial charge in [-0.05, 0) is 114 Å². The summed E-state index contributed by atoms with van der Waals surface area (Å²) in [5.74, 6) is 3.96. The molecule has 0 saturated carbocycles. The molecular weight excluding hydrogens is 813 g/mol. The Kier molecular flexibility index (Phi) is 26.8. The van der Waals surface area contributed by atoms with E-state index in [2.05, 4.69) is 71.0 Å². The number of carboxylic acids is 1. The van der Waals surface area contributed by atoms with E-state index in [1.54, 1.807) is 0 Å². The Hall–Kier alpha value is -4.07. The minimum atomic E-state index is -0.714. The molecule has 0 fully saturated rings. The van der Waals surface area contributed by atoms with E-state index in [4.69, 9.17) is 33.5 Å². The number of carboxylic acid groups (broad SMARTS) is 1. The van der Waals surface area contributed by atoms with Gasteiger partial charge in [0.2, 0.25) is 0 Å². The van der Waals surface area contributed by atoms with Crippen molar-refractivity contribution in [2.45, 2.75) is 208 Å². The Labute approximate surface area is 393 Å². The highest BCUT2D eigenvalue weighted by atomic mass is 16.5. The molecule has 0 heterocycles. The summed E-state index contributed by atoms with van der Waals surface area (Å²) >= 11 is 0. The van der Waals surface area contributed by atoms with Crippen molar-refractivity contribution in [3.63, 3.8) is 0 Å². The van der Waals surface area contributed by atoms with E-state index in [0.29, 0.717) is 39.6 Å². The standard InChI is InChI=1S/C57H88O8/c1-6-11-16-26-33-60-51-39-45-46-40-52(61-34-27-17-12-7-2)54(63-36-29-19-14-9-4)42-48(46)50-44-56(65-38-31-24-22-21-23-25-32-57(58)59)55(64-37-30-20-15-10-5)43-49(50)47(45)41-53(51)62-35-28-18-13-8-3/h39-44H,6-38H2,1-5H3,(H,58,59). The van der Waals surface area contributed by atoms with Crippen molar-refractivity contribution in [1.82, 2.24) is 0 Å². The topological polar surface area (TPSA) is 92.7 Å². The molecule has 0 unspecified atom stereocenters. The van der Waals surface area contributed by atoms with Crippen molar-refractivity contribution >= 4 is 38.3 Å². The van der Waals surface area contributed by atoms with Crippen molar-refractivity contribution in [2.75, 3.05) is 39.6 Å². The molecule has 0 amide bonds.